The van der Waals surface area contributed by atoms with Crippen LogP contribution >= 0.6 is 0 Å². The van der Waals surface area contributed by atoms with Crippen LogP contribution in [0.25, 0.3) is 0 Å². The minimum Gasteiger partial charge on any atom is -0.455 e. The Kier molecular flexibility index (Phi) is 4.94. The highest BCUT2D eigenvalue weighted by Gasteiger charge is 2.32. The van der Waals surface area contributed by atoms with Crippen molar-refractivity contribution >= 4 is 0 Å². The second-order valence-corrected chi connectivity index (χ2v) is 6.39. The Morgan fingerprint density at radius 2 is 2.09 bits per heavy atom. The first-order chi connectivity index (χ1) is 11.2. The minimum atomic E-state index is -0.0845. The van der Waals surface area contributed by atoms with Crippen molar-refractivity contribution in [1.29, 1.82) is 0 Å². The zero-order valence-corrected chi connectivity index (χ0v) is 13.6. The molecule has 0 aliphatic heterocycles. The van der Waals surface area contributed by atoms with Crippen molar-refractivity contribution in [2.45, 2.75) is 44.7 Å². The fraction of sp³-hybridized carbons (Fsp3) is 0.421. The van der Waals surface area contributed by atoms with Crippen LogP contribution in [0.5, 0.6) is 11.5 Å². The van der Waals surface area contributed by atoms with E-state index >= 15 is 0 Å². The quantitative estimate of drug-likeness (QED) is 0.856. The number of aryl methyl sites for hydroxylation is 1. The van der Waals surface area contributed by atoms with E-state index in [1.54, 1.807) is 12.4 Å². The van der Waals surface area contributed by atoms with Crippen molar-refractivity contribution in [3.05, 3.63) is 53.9 Å². The molecule has 0 amide bonds. The van der Waals surface area contributed by atoms with Crippen molar-refractivity contribution in [2.24, 2.45) is 0 Å². The van der Waals surface area contributed by atoms with E-state index in [-0.39, 0.29) is 12.1 Å². The van der Waals surface area contributed by atoms with E-state index in [2.05, 4.69) is 22.4 Å². The van der Waals surface area contributed by atoms with Gasteiger partial charge < -0.3 is 15.2 Å². The first-order valence-corrected chi connectivity index (χ1v) is 8.24. The van der Waals surface area contributed by atoms with Crippen LogP contribution in [0.2, 0.25) is 0 Å². The molecule has 0 unspecified atom stereocenters. The third-order valence-electron chi connectivity index (χ3n) is 4.63. The van der Waals surface area contributed by atoms with Gasteiger partial charge in [-0.15, -0.1) is 0 Å². The molecule has 4 heteroatoms. The molecule has 4 nitrogen and oxygen atoms in total. The summed E-state index contributed by atoms with van der Waals surface area (Å²) in [5, 5.41) is 13.2. The lowest BCUT2D eigenvalue weighted by Gasteiger charge is -2.28. The van der Waals surface area contributed by atoms with Gasteiger partial charge in [0.25, 0.3) is 0 Å². The SMILES string of the molecule is Cc1cc(CNC2(CO)CCCC2)ccc1Oc1cccnc1. The zero-order chi connectivity index (χ0) is 16.1. The summed E-state index contributed by atoms with van der Waals surface area (Å²) >= 11 is 0. The standard InChI is InChI=1S/C19H24N2O2/c1-15-11-16(12-21-19(14-22)8-2-3-9-19)6-7-18(15)23-17-5-4-10-20-13-17/h4-7,10-11,13,21-22H,2-3,8-9,12,14H2,1H3. The molecule has 2 N–H and O–H groups in total. The summed E-state index contributed by atoms with van der Waals surface area (Å²) in [6.07, 6.45) is 7.96. The minimum absolute atomic E-state index is 0.0845. The van der Waals surface area contributed by atoms with Crippen LogP contribution in [0.3, 0.4) is 0 Å². The molecule has 1 aromatic heterocycles. The first-order valence-electron chi connectivity index (χ1n) is 8.24. The van der Waals surface area contributed by atoms with Gasteiger partial charge in [-0.25, -0.2) is 0 Å². The molecule has 0 bridgehead atoms. The molecule has 23 heavy (non-hydrogen) atoms. The van der Waals surface area contributed by atoms with E-state index in [1.807, 2.05) is 25.1 Å². The molecular formula is C19H24N2O2. The second-order valence-electron chi connectivity index (χ2n) is 6.39. The maximum absolute atomic E-state index is 9.67. The predicted molar refractivity (Wildman–Crippen MR) is 90.6 cm³/mol. The van der Waals surface area contributed by atoms with Crippen LogP contribution in [-0.2, 0) is 6.54 Å². The van der Waals surface area contributed by atoms with Crippen LogP contribution in [0.4, 0.5) is 0 Å². The summed E-state index contributed by atoms with van der Waals surface area (Å²) < 4.78 is 5.86. The van der Waals surface area contributed by atoms with Crippen molar-refractivity contribution in [3.8, 4) is 11.5 Å². The van der Waals surface area contributed by atoms with E-state index in [4.69, 9.17) is 4.74 Å². The number of aliphatic hydroxyl groups excluding tert-OH is 1. The summed E-state index contributed by atoms with van der Waals surface area (Å²) in [4.78, 5) is 4.06. The van der Waals surface area contributed by atoms with Crippen LogP contribution < -0.4 is 10.1 Å². The predicted octanol–water partition coefficient (Wildman–Crippen LogP) is 3.58. The number of hydrogen-bond donors (Lipinski definition) is 2. The van der Waals surface area contributed by atoms with Gasteiger partial charge in [0, 0.05) is 18.3 Å². The molecule has 0 radical (unpaired) electrons. The van der Waals surface area contributed by atoms with E-state index < -0.39 is 0 Å². The van der Waals surface area contributed by atoms with Gasteiger partial charge >= 0.3 is 0 Å². The van der Waals surface area contributed by atoms with Crippen LogP contribution in [0.15, 0.2) is 42.7 Å². The molecule has 1 saturated carbocycles. The Morgan fingerprint density at radius 3 is 2.74 bits per heavy atom. The Balaban J connectivity index is 1.65. The highest BCUT2D eigenvalue weighted by molar-refractivity contribution is 5.39. The number of aromatic nitrogens is 1. The molecule has 0 atom stereocenters. The molecule has 122 valence electrons. The Morgan fingerprint density at radius 1 is 1.26 bits per heavy atom. The van der Waals surface area contributed by atoms with Crippen molar-refractivity contribution in [2.75, 3.05) is 6.61 Å². The lowest BCUT2D eigenvalue weighted by atomic mass is 9.98. The normalized spacial score (nSPS) is 16.4. The van der Waals surface area contributed by atoms with Gasteiger partial charge in [-0.1, -0.05) is 25.0 Å². The maximum Gasteiger partial charge on any atom is 0.145 e. The fourth-order valence-corrected chi connectivity index (χ4v) is 3.20. The van der Waals surface area contributed by atoms with Crippen LogP contribution in [0.1, 0.15) is 36.8 Å². The van der Waals surface area contributed by atoms with Gasteiger partial charge in [-0.2, -0.15) is 0 Å². The highest BCUT2D eigenvalue weighted by Crippen LogP contribution is 2.30. The summed E-state index contributed by atoms with van der Waals surface area (Å²) in [5.74, 6) is 1.59. The average Bonchev–Trinajstić information content (AvgIpc) is 3.06. The van der Waals surface area contributed by atoms with E-state index in [9.17, 15) is 5.11 Å². The van der Waals surface area contributed by atoms with Crippen LogP contribution in [0, 0.1) is 6.92 Å². The number of aliphatic hydroxyl groups is 1. The lowest BCUT2D eigenvalue weighted by molar-refractivity contribution is 0.163. The Bertz CT molecular complexity index is 637. The average molecular weight is 312 g/mol. The number of benzene rings is 1. The topological polar surface area (TPSA) is 54.4 Å². The van der Waals surface area contributed by atoms with Crippen molar-refractivity contribution < 1.29 is 9.84 Å². The number of nitrogens with one attached hydrogen (secondary N) is 1. The number of rotatable bonds is 6. The number of nitrogens with zero attached hydrogens (tertiary/aromatic N) is 1. The molecule has 0 saturated heterocycles. The summed E-state index contributed by atoms with van der Waals surface area (Å²) in [7, 11) is 0. The molecule has 1 heterocycles. The molecule has 1 fully saturated rings. The summed E-state index contributed by atoms with van der Waals surface area (Å²) in [6.45, 7) is 3.04. The van der Waals surface area contributed by atoms with E-state index in [0.717, 1.165) is 36.4 Å². The molecular weight excluding hydrogens is 288 g/mol. The van der Waals surface area contributed by atoms with Gasteiger partial charge in [0.1, 0.15) is 11.5 Å². The van der Waals surface area contributed by atoms with E-state index in [1.165, 1.54) is 18.4 Å². The fourth-order valence-electron chi connectivity index (χ4n) is 3.20. The van der Waals surface area contributed by atoms with Gasteiger partial charge in [-0.3, -0.25) is 4.98 Å². The summed E-state index contributed by atoms with van der Waals surface area (Å²) in [5.41, 5.74) is 2.22. The second kappa shape index (κ2) is 7.11. The number of pyridine rings is 1. The number of ether oxygens (including phenoxy) is 1. The van der Waals surface area contributed by atoms with Gasteiger partial charge in [0.2, 0.25) is 0 Å². The lowest BCUT2D eigenvalue weighted by Crippen LogP contribution is -2.45. The number of hydrogen-bond acceptors (Lipinski definition) is 4. The largest absolute Gasteiger partial charge is 0.455 e. The Hall–Kier alpha value is -1.91. The smallest absolute Gasteiger partial charge is 0.145 e. The van der Waals surface area contributed by atoms with Gasteiger partial charge in [0.05, 0.1) is 12.8 Å². The van der Waals surface area contributed by atoms with E-state index in [0.29, 0.717) is 0 Å². The highest BCUT2D eigenvalue weighted by atomic mass is 16.5. The van der Waals surface area contributed by atoms with Crippen molar-refractivity contribution in [1.82, 2.24) is 10.3 Å². The van der Waals surface area contributed by atoms with Gasteiger partial charge in [0.15, 0.2) is 0 Å². The third kappa shape index (κ3) is 3.89. The molecule has 2 aromatic rings. The molecule has 1 aromatic carbocycles. The summed E-state index contributed by atoms with van der Waals surface area (Å²) in [6, 6.07) is 9.97. The molecule has 0 spiro atoms. The van der Waals surface area contributed by atoms with Crippen LogP contribution in [-0.4, -0.2) is 22.2 Å². The molecule has 1 aliphatic carbocycles. The zero-order valence-electron chi connectivity index (χ0n) is 13.6. The molecule has 1 aliphatic rings. The maximum atomic E-state index is 9.67. The molecule has 3 rings (SSSR count). The first kappa shape index (κ1) is 16.0. The third-order valence-corrected chi connectivity index (χ3v) is 4.63. The van der Waals surface area contributed by atoms with Gasteiger partial charge in [-0.05, 0) is 49.1 Å². The van der Waals surface area contributed by atoms with Crippen molar-refractivity contribution in [3.63, 3.8) is 0 Å². The Labute approximate surface area is 137 Å². The monoisotopic (exact) mass is 312 g/mol.